The molecule has 0 saturated heterocycles. The summed E-state index contributed by atoms with van der Waals surface area (Å²) in [5.41, 5.74) is 8.91. The first-order chi connectivity index (χ1) is 7.41. The Morgan fingerprint density at radius 3 is 2.62 bits per heavy atom. The van der Waals surface area contributed by atoms with Gasteiger partial charge in [0, 0.05) is 17.5 Å². The second-order valence-corrected chi connectivity index (χ2v) is 4.40. The van der Waals surface area contributed by atoms with Gasteiger partial charge in [0.05, 0.1) is 0 Å². The molecule has 88 valence electrons. The fraction of sp³-hybridized carbons (Fsp3) is 0.417. The minimum atomic E-state index is -0.821. The van der Waals surface area contributed by atoms with Crippen LogP contribution in [0.2, 0.25) is 5.02 Å². The highest BCUT2D eigenvalue weighted by Gasteiger charge is 2.12. The molecule has 1 atom stereocenters. The smallest absolute Gasteiger partial charge is 0.303 e. The van der Waals surface area contributed by atoms with E-state index in [2.05, 4.69) is 0 Å². The van der Waals surface area contributed by atoms with Gasteiger partial charge in [-0.2, -0.15) is 0 Å². The molecule has 0 fully saturated rings. The number of carboxylic acids is 1. The van der Waals surface area contributed by atoms with Crippen LogP contribution in [0.3, 0.4) is 0 Å². The second kappa shape index (κ2) is 5.32. The standard InChI is InChI=1S/C12H16ClNO2/c1-7-6-10(13)8(2)5-9(7)11(14)3-4-12(15)16/h5-6,11H,3-4,14H2,1-2H3,(H,15,16). The highest BCUT2D eigenvalue weighted by molar-refractivity contribution is 6.31. The summed E-state index contributed by atoms with van der Waals surface area (Å²) < 4.78 is 0. The molecule has 0 radical (unpaired) electrons. The van der Waals surface area contributed by atoms with Gasteiger partial charge in [-0.1, -0.05) is 17.7 Å². The third kappa shape index (κ3) is 3.22. The highest BCUT2D eigenvalue weighted by Crippen LogP contribution is 2.26. The van der Waals surface area contributed by atoms with Gasteiger partial charge in [0.15, 0.2) is 0 Å². The highest BCUT2D eigenvalue weighted by atomic mass is 35.5. The van der Waals surface area contributed by atoms with E-state index < -0.39 is 5.97 Å². The first kappa shape index (κ1) is 13.0. The first-order valence-electron chi connectivity index (χ1n) is 5.16. The lowest BCUT2D eigenvalue weighted by atomic mass is 9.96. The Morgan fingerprint density at radius 1 is 1.44 bits per heavy atom. The normalized spacial score (nSPS) is 12.5. The maximum atomic E-state index is 10.5. The largest absolute Gasteiger partial charge is 0.481 e. The Bertz CT molecular complexity index is 404. The average molecular weight is 242 g/mol. The third-order valence-electron chi connectivity index (χ3n) is 2.62. The fourth-order valence-corrected chi connectivity index (χ4v) is 1.86. The van der Waals surface area contributed by atoms with Crippen molar-refractivity contribution in [3.8, 4) is 0 Å². The second-order valence-electron chi connectivity index (χ2n) is 4.00. The molecule has 0 aliphatic carbocycles. The minimum Gasteiger partial charge on any atom is -0.481 e. The van der Waals surface area contributed by atoms with E-state index in [1.165, 1.54) is 0 Å². The van der Waals surface area contributed by atoms with Crippen molar-refractivity contribution in [2.24, 2.45) is 5.73 Å². The Morgan fingerprint density at radius 2 is 2.06 bits per heavy atom. The zero-order valence-electron chi connectivity index (χ0n) is 9.46. The minimum absolute atomic E-state index is 0.0856. The van der Waals surface area contributed by atoms with Gasteiger partial charge in [-0.15, -0.1) is 0 Å². The van der Waals surface area contributed by atoms with Gasteiger partial charge in [-0.25, -0.2) is 0 Å². The third-order valence-corrected chi connectivity index (χ3v) is 3.02. The lowest BCUT2D eigenvalue weighted by Gasteiger charge is -2.15. The molecule has 16 heavy (non-hydrogen) atoms. The number of carboxylic acid groups (broad SMARTS) is 1. The van der Waals surface area contributed by atoms with Crippen LogP contribution in [0.4, 0.5) is 0 Å². The lowest BCUT2D eigenvalue weighted by Crippen LogP contribution is -2.13. The number of halogens is 1. The molecule has 1 rings (SSSR count). The Kier molecular flexibility index (Phi) is 4.33. The van der Waals surface area contributed by atoms with Crippen molar-refractivity contribution in [1.82, 2.24) is 0 Å². The van der Waals surface area contributed by atoms with Gasteiger partial charge in [0.1, 0.15) is 0 Å². The molecule has 0 aliphatic heterocycles. The van der Waals surface area contributed by atoms with Crippen molar-refractivity contribution >= 4 is 17.6 Å². The predicted octanol–water partition coefficient (Wildman–Crippen LogP) is 2.82. The van der Waals surface area contributed by atoms with Crippen LogP contribution in [0.1, 0.15) is 35.6 Å². The van der Waals surface area contributed by atoms with Crippen LogP contribution in [-0.4, -0.2) is 11.1 Å². The van der Waals surface area contributed by atoms with Crippen molar-refractivity contribution in [3.05, 3.63) is 33.8 Å². The van der Waals surface area contributed by atoms with Crippen LogP contribution in [0.5, 0.6) is 0 Å². The molecule has 0 saturated carbocycles. The molecule has 1 unspecified atom stereocenters. The lowest BCUT2D eigenvalue weighted by molar-refractivity contribution is -0.137. The van der Waals surface area contributed by atoms with Crippen LogP contribution < -0.4 is 5.73 Å². The monoisotopic (exact) mass is 241 g/mol. The molecular formula is C12H16ClNO2. The number of carbonyl (C=O) groups is 1. The van der Waals surface area contributed by atoms with E-state index in [9.17, 15) is 4.79 Å². The number of aliphatic carboxylic acids is 1. The van der Waals surface area contributed by atoms with E-state index in [0.717, 1.165) is 16.7 Å². The van der Waals surface area contributed by atoms with Gasteiger partial charge in [0.25, 0.3) is 0 Å². The summed E-state index contributed by atoms with van der Waals surface area (Å²) in [7, 11) is 0. The number of nitrogens with two attached hydrogens (primary N) is 1. The summed E-state index contributed by atoms with van der Waals surface area (Å²) >= 11 is 5.98. The SMILES string of the molecule is Cc1cc(C(N)CCC(=O)O)c(C)cc1Cl. The van der Waals surface area contributed by atoms with Crippen LogP contribution >= 0.6 is 11.6 Å². The predicted molar refractivity (Wildman–Crippen MR) is 64.7 cm³/mol. The maximum Gasteiger partial charge on any atom is 0.303 e. The maximum absolute atomic E-state index is 10.5. The fourth-order valence-electron chi connectivity index (χ4n) is 1.64. The summed E-state index contributed by atoms with van der Waals surface area (Å²) in [5, 5.41) is 9.32. The van der Waals surface area contributed by atoms with E-state index in [4.69, 9.17) is 22.4 Å². The zero-order valence-corrected chi connectivity index (χ0v) is 10.2. The Labute approximate surface area is 100 Å². The van der Waals surface area contributed by atoms with Crippen LogP contribution in [0.15, 0.2) is 12.1 Å². The molecule has 0 amide bonds. The number of hydrogen-bond donors (Lipinski definition) is 2. The topological polar surface area (TPSA) is 63.3 Å². The summed E-state index contributed by atoms with van der Waals surface area (Å²) in [4.78, 5) is 10.5. The molecule has 0 spiro atoms. The zero-order chi connectivity index (χ0) is 12.3. The molecule has 3 nitrogen and oxygen atoms in total. The summed E-state index contributed by atoms with van der Waals surface area (Å²) in [6.07, 6.45) is 0.527. The Balaban J connectivity index is 2.86. The van der Waals surface area contributed by atoms with Crippen molar-refractivity contribution in [2.75, 3.05) is 0 Å². The van der Waals surface area contributed by atoms with Crippen molar-refractivity contribution in [2.45, 2.75) is 32.7 Å². The molecule has 0 bridgehead atoms. The molecule has 1 aromatic carbocycles. The van der Waals surface area contributed by atoms with Crippen LogP contribution in [-0.2, 0) is 4.79 Å². The van der Waals surface area contributed by atoms with Gasteiger partial charge in [-0.3, -0.25) is 4.79 Å². The molecule has 4 heteroatoms. The van der Waals surface area contributed by atoms with Crippen molar-refractivity contribution in [1.29, 1.82) is 0 Å². The van der Waals surface area contributed by atoms with E-state index in [1.54, 1.807) is 0 Å². The molecule has 3 N–H and O–H groups in total. The Hall–Kier alpha value is -1.06. The molecular weight excluding hydrogens is 226 g/mol. The molecule has 1 aromatic rings. The summed E-state index contributed by atoms with van der Waals surface area (Å²) in [6, 6.07) is 3.56. The molecule has 0 heterocycles. The number of aryl methyl sites for hydroxylation is 2. The van der Waals surface area contributed by atoms with Gasteiger partial charge in [0.2, 0.25) is 0 Å². The van der Waals surface area contributed by atoms with E-state index >= 15 is 0 Å². The summed E-state index contributed by atoms with van der Waals surface area (Å²) in [5.74, 6) is -0.821. The first-order valence-corrected chi connectivity index (χ1v) is 5.53. The number of benzene rings is 1. The van der Waals surface area contributed by atoms with Crippen LogP contribution in [0, 0.1) is 13.8 Å². The van der Waals surface area contributed by atoms with Crippen molar-refractivity contribution < 1.29 is 9.90 Å². The van der Waals surface area contributed by atoms with E-state index in [-0.39, 0.29) is 12.5 Å². The van der Waals surface area contributed by atoms with Gasteiger partial charge < -0.3 is 10.8 Å². The quantitative estimate of drug-likeness (QED) is 0.852. The number of hydrogen-bond acceptors (Lipinski definition) is 2. The van der Waals surface area contributed by atoms with E-state index in [0.29, 0.717) is 11.4 Å². The van der Waals surface area contributed by atoms with Crippen LogP contribution in [0.25, 0.3) is 0 Å². The molecule has 0 aromatic heterocycles. The average Bonchev–Trinajstić information content (AvgIpc) is 2.20. The van der Waals surface area contributed by atoms with Crippen molar-refractivity contribution in [3.63, 3.8) is 0 Å². The summed E-state index contributed by atoms with van der Waals surface area (Å²) in [6.45, 7) is 3.84. The van der Waals surface area contributed by atoms with Gasteiger partial charge >= 0.3 is 5.97 Å². The molecule has 0 aliphatic rings. The van der Waals surface area contributed by atoms with Gasteiger partial charge in [-0.05, 0) is 43.0 Å². The number of rotatable bonds is 4. The van der Waals surface area contributed by atoms with E-state index in [1.807, 2.05) is 26.0 Å².